The van der Waals surface area contributed by atoms with E-state index in [4.69, 9.17) is 18.9 Å². The summed E-state index contributed by atoms with van der Waals surface area (Å²) in [6, 6.07) is 23.0. The van der Waals surface area contributed by atoms with Crippen LogP contribution in [0.25, 0.3) is 0 Å². The number of nitrogens with one attached hydrogen (secondary N) is 1. The molecule has 3 aromatic rings. The van der Waals surface area contributed by atoms with Gasteiger partial charge < -0.3 is 24.3 Å². The Morgan fingerprint density at radius 3 is 2.21 bits per heavy atom. The summed E-state index contributed by atoms with van der Waals surface area (Å²) in [5.41, 5.74) is 1.07. The van der Waals surface area contributed by atoms with Crippen LogP contribution in [-0.2, 0) is 14.3 Å². The minimum atomic E-state index is -1.12. The third kappa shape index (κ3) is 7.00. The third-order valence-corrected chi connectivity index (χ3v) is 4.67. The van der Waals surface area contributed by atoms with Crippen LogP contribution in [0.15, 0.2) is 78.9 Å². The van der Waals surface area contributed by atoms with Crippen molar-refractivity contribution in [3.8, 4) is 17.2 Å². The van der Waals surface area contributed by atoms with Crippen molar-refractivity contribution in [3.05, 3.63) is 84.4 Å². The molecule has 7 nitrogen and oxygen atoms in total. The third-order valence-electron chi connectivity index (χ3n) is 4.67. The predicted molar refractivity (Wildman–Crippen MR) is 125 cm³/mol. The number of esters is 1. The summed E-state index contributed by atoms with van der Waals surface area (Å²) in [6.45, 7) is 2.43. The lowest BCUT2D eigenvalue weighted by molar-refractivity contribution is -0.155. The van der Waals surface area contributed by atoms with E-state index in [-0.39, 0.29) is 13.0 Å². The van der Waals surface area contributed by atoms with Crippen molar-refractivity contribution < 1.29 is 28.5 Å². The van der Waals surface area contributed by atoms with Crippen LogP contribution in [-0.4, -0.2) is 32.2 Å². The molecule has 1 atom stereocenters. The Morgan fingerprint density at radius 1 is 0.848 bits per heavy atom. The Bertz CT molecular complexity index is 1040. The van der Waals surface area contributed by atoms with E-state index in [2.05, 4.69) is 5.32 Å². The number of hydrogen-bond acceptors (Lipinski definition) is 6. The van der Waals surface area contributed by atoms with Crippen LogP contribution < -0.4 is 19.5 Å². The molecule has 1 N–H and O–H groups in total. The zero-order valence-electron chi connectivity index (χ0n) is 18.7. The minimum Gasteiger partial charge on any atom is -0.497 e. The number of amides is 1. The van der Waals surface area contributed by atoms with Gasteiger partial charge in [-0.05, 0) is 43.3 Å². The summed E-state index contributed by atoms with van der Waals surface area (Å²) in [5.74, 6) is 0.834. The van der Waals surface area contributed by atoms with Gasteiger partial charge in [-0.1, -0.05) is 42.5 Å². The van der Waals surface area contributed by atoms with E-state index in [1.165, 1.54) is 0 Å². The molecular formula is C26H27NO6. The molecule has 0 saturated heterocycles. The molecule has 0 aromatic heterocycles. The van der Waals surface area contributed by atoms with Gasteiger partial charge in [-0.3, -0.25) is 9.59 Å². The summed E-state index contributed by atoms with van der Waals surface area (Å²) in [7, 11) is 1.58. The van der Waals surface area contributed by atoms with Crippen molar-refractivity contribution in [3.63, 3.8) is 0 Å². The number of carbonyl (C=O) groups is 2. The van der Waals surface area contributed by atoms with Gasteiger partial charge in [-0.25, -0.2) is 0 Å². The Hall–Kier alpha value is -4.00. The maximum atomic E-state index is 13.1. The van der Waals surface area contributed by atoms with Crippen molar-refractivity contribution in [2.24, 2.45) is 0 Å². The minimum absolute atomic E-state index is 0.0157. The largest absolute Gasteiger partial charge is 0.497 e. The molecule has 0 bridgehead atoms. The number of anilines is 1. The van der Waals surface area contributed by atoms with Gasteiger partial charge in [0.2, 0.25) is 6.10 Å². The second kappa shape index (κ2) is 12.1. The van der Waals surface area contributed by atoms with E-state index >= 15 is 0 Å². The Labute approximate surface area is 193 Å². The number of rotatable bonds is 11. The van der Waals surface area contributed by atoms with E-state index in [0.29, 0.717) is 35.1 Å². The van der Waals surface area contributed by atoms with Gasteiger partial charge in [0.1, 0.15) is 17.2 Å². The van der Waals surface area contributed by atoms with Crippen LogP contribution in [0.4, 0.5) is 5.69 Å². The molecule has 0 fully saturated rings. The lowest BCUT2D eigenvalue weighted by atomic mass is 10.1. The molecule has 33 heavy (non-hydrogen) atoms. The van der Waals surface area contributed by atoms with Gasteiger partial charge in [-0.15, -0.1) is 0 Å². The highest BCUT2D eigenvalue weighted by atomic mass is 16.6. The molecule has 7 heteroatoms. The number of carbonyl (C=O) groups excluding carboxylic acids is 2. The van der Waals surface area contributed by atoms with Crippen LogP contribution in [0, 0.1) is 0 Å². The number of ether oxygens (including phenoxy) is 4. The highest BCUT2D eigenvalue weighted by Crippen LogP contribution is 2.27. The zero-order valence-corrected chi connectivity index (χ0v) is 18.7. The van der Waals surface area contributed by atoms with E-state index in [1.807, 2.05) is 19.1 Å². The molecule has 1 amide bonds. The molecule has 3 aromatic carbocycles. The molecular weight excluding hydrogens is 422 g/mol. The van der Waals surface area contributed by atoms with Gasteiger partial charge in [0.15, 0.2) is 0 Å². The van der Waals surface area contributed by atoms with Gasteiger partial charge in [-0.2, -0.15) is 0 Å². The summed E-state index contributed by atoms with van der Waals surface area (Å²) >= 11 is 0. The SMILES string of the molecule is CCOc1ccccc1NC(=O)C(OC(=O)CCOc1ccc(OC)cc1)c1ccccc1. The molecule has 0 aliphatic rings. The Morgan fingerprint density at radius 2 is 1.52 bits per heavy atom. The van der Waals surface area contributed by atoms with Crippen LogP contribution in [0.3, 0.4) is 0 Å². The topological polar surface area (TPSA) is 83.1 Å². The normalized spacial score (nSPS) is 11.2. The van der Waals surface area contributed by atoms with Crippen LogP contribution >= 0.6 is 0 Å². The van der Waals surface area contributed by atoms with Crippen LogP contribution in [0.2, 0.25) is 0 Å². The first-order chi connectivity index (χ1) is 16.1. The smallest absolute Gasteiger partial charge is 0.310 e. The Kier molecular flexibility index (Phi) is 8.71. The number of benzene rings is 3. The summed E-state index contributed by atoms with van der Waals surface area (Å²) < 4.78 is 21.8. The van der Waals surface area contributed by atoms with Gasteiger partial charge >= 0.3 is 5.97 Å². The molecule has 0 saturated carbocycles. The fraction of sp³-hybridized carbons (Fsp3) is 0.231. The zero-order chi connectivity index (χ0) is 23.5. The van der Waals surface area contributed by atoms with E-state index < -0.39 is 18.0 Å². The summed E-state index contributed by atoms with van der Waals surface area (Å²) in [6.07, 6.45) is -1.13. The summed E-state index contributed by atoms with van der Waals surface area (Å²) in [5, 5.41) is 2.81. The number of hydrogen-bond donors (Lipinski definition) is 1. The highest BCUT2D eigenvalue weighted by molar-refractivity contribution is 5.97. The first-order valence-corrected chi connectivity index (χ1v) is 10.6. The van der Waals surface area contributed by atoms with E-state index in [0.717, 1.165) is 0 Å². The molecule has 0 aliphatic carbocycles. The van der Waals surface area contributed by atoms with Crippen LogP contribution in [0.1, 0.15) is 25.0 Å². The fourth-order valence-electron chi connectivity index (χ4n) is 3.06. The van der Waals surface area contributed by atoms with Crippen molar-refractivity contribution in [2.75, 3.05) is 25.6 Å². The van der Waals surface area contributed by atoms with E-state index in [1.54, 1.807) is 73.8 Å². The lowest BCUT2D eigenvalue weighted by Crippen LogP contribution is -2.26. The second-order valence-electron chi connectivity index (χ2n) is 6.97. The average molecular weight is 450 g/mol. The Balaban J connectivity index is 1.64. The first kappa shape index (κ1) is 23.7. The lowest BCUT2D eigenvalue weighted by Gasteiger charge is -2.19. The molecule has 3 rings (SSSR count). The van der Waals surface area contributed by atoms with Crippen molar-refractivity contribution in [1.29, 1.82) is 0 Å². The monoisotopic (exact) mass is 449 g/mol. The van der Waals surface area contributed by atoms with Crippen molar-refractivity contribution in [1.82, 2.24) is 0 Å². The molecule has 1 unspecified atom stereocenters. The van der Waals surface area contributed by atoms with Gasteiger partial charge in [0, 0.05) is 5.56 Å². The van der Waals surface area contributed by atoms with Crippen molar-refractivity contribution >= 4 is 17.6 Å². The fourth-order valence-corrected chi connectivity index (χ4v) is 3.06. The van der Waals surface area contributed by atoms with Gasteiger partial charge in [0.05, 0.1) is 32.4 Å². The molecule has 0 heterocycles. The maximum Gasteiger partial charge on any atom is 0.310 e. The highest BCUT2D eigenvalue weighted by Gasteiger charge is 2.26. The quantitative estimate of drug-likeness (QED) is 0.424. The molecule has 172 valence electrons. The number of methoxy groups -OCH3 is 1. The molecule has 0 aliphatic heterocycles. The maximum absolute atomic E-state index is 13.1. The standard InChI is InChI=1S/C26H27NO6/c1-3-31-23-12-8-7-11-22(23)27-26(29)25(19-9-5-4-6-10-19)33-24(28)17-18-32-21-15-13-20(30-2)14-16-21/h4-16,25H,3,17-18H2,1-2H3,(H,27,29). The molecule has 0 spiro atoms. The second-order valence-corrected chi connectivity index (χ2v) is 6.97. The average Bonchev–Trinajstić information content (AvgIpc) is 2.85. The predicted octanol–water partition coefficient (Wildman–Crippen LogP) is 4.79. The summed E-state index contributed by atoms with van der Waals surface area (Å²) in [4.78, 5) is 25.6. The van der Waals surface area contributed by atoms with Crippen molar-refractivity contribution in [2.45, 2.75) is 19.4 Å². The number of para-hydroxylation sites is 2. The van der Waals surface area contributed by atoms with Gasteiger partial charge in [0.25, 0.3) is 5.91 Å². The first-order valence-electron chi connectivity index (χ1n) is 10.6. The van der Waals surface area contributed by atoms with Crippen LogP contribution in [0.5, 0.6) is 17.2 Å². The molecule has 0 radical (unpaired) electrons. The van der Waals surface area contributed by atoms with E-state index in [9.17, 15) is 9.59 Å².